The van der Waals surface area contributed by atoms with E-state index in [-0.39, 0.29) is 11.0 Å². The number of nitrogens with one attached hydrogen (secondary N) is 2. The van der Waals surface area contributed by atoms with Gasteiger partial charge in [0.05, 0.1) is 11.4 Å². The zero-order chi connectivity index (χ0) is 21.4. The lowest BCUT2D eigenvalue weighted by atomic mass is 10.1. The van der Waals surface area contributed by atoms with Crippen molar-refractivity contribution in [1.82, 2.24) is 14.9 Å². The van der Waals surface area contributed by atoms with Gasteiger partial charge in [0, 0.05) is 32.5 Å². The zero-order valence-corrected chi connectivity index (χ0v) is 18.4. The fourth-order valence-corrected chi connectivity index (χ4v) is 4.09. The molecule has 0 radical (unpaired) electrons. The number of guanidine groups is 1. The summed E-state index contributed by atoms with van der Waals surface area (Å²) in [6.45, 7) is 5.09. The van der Waals surface area contributed by atoms with Crippen molar-refractivity contribution in [2.75, 3.05) is 26.7 Å². The second-order valence-electron chi connectivity index (χ2n) is 7.14. The van der Waals surface area contributed by atoms with Crippen molar-refractivity contribution in [1.29, 1.82) is 0 Å². The molecule has 1 aliphatic heterocycles. The summed E-state index contributed by atoms with van der Waals surface area (Å²) in [5.41, 5.74) is 0.961. The summed E-state index contributed by atoms with van der Waals surface area (Å²) in [6.07, 6.45) is 2.10. The van der Waals surface area contributed by atoms with Crippen LogP contribution in [0.25, 0.3) is 0 Å². The monoisotopic (exact) mass is 430 g/mol. The Hall–Kier alpha value is -2.58. The van der Waals surface area contributed by atoms with Crippen molar-refractivity contribution in [2.24, 2.45) is 4.99 Å². The minimum atomic E-state index is -3.42. The molecule has 1 fully saturated rings. The molecular weight excluding hydrogens is 400 g/mol. The van der Waals surface area contributed by atoms with Crippen LogP contribution in [0.5, 0.6) is 5.75 Å². The van der Waals surface area contributed by atoms with Gasteiger partial charge in [-0.25, -0.2) is 18.1 Å². The van der Waals surface area contributed by atoms with Crippen LogP contribution in [0, 0.1) is 0 Å². The van der Waals surface area contributed by atoms with Gasteiger partial charge in [-0.15, -0.1) is 0 Å². The van der Waals surface area contributed by atoms with E-state index in [4.69, 9.17) is 9.73 Å². The third-order valence-electron chi connectivity index (χ3n) is 5.04. The Morgan fingerprint density at radius 1 is 1.10 bits per heavy atom. The molecule has 1 heterocycles. The minimum absolute atomic E-state index is 0.216. The van der Waals surface area contributed by atoms with E-state index in [0.29, 0.717) is 6.54 Å². The molecule has 0 saturated carbocycles. The summed E-state index contributed by atoms with van der Waals surface area (Å²) in [4.78, 5) is 7.27. The highest BCUT2D eigenvalue weighted by atomic mass is 32.2. The molecule has 7 nitrogen and oxygen atoms in total. The van der Waals surface area contributed by atoms with E-state index >= 15 is 0 Å². The molecule has 0 spiro atoms. The van der Waals surface area contributed by atoms with Gasteiger partial charge in [-0.2, -0.15) is 0 Å². The molecule has 0 unspecified atom stereocenters. The van der Waals surface area contributed by atoms with Crippen LogP contribution in [-0.2, 0) is 16.6 Å². The van der Waals surface area contributed by atoms with E-state index in [1.54, 1.807) is 24.3 Å². The summed E-state index contributed by atoms with van der Waals surface area (Å²) < 4.78 is 32.1. The summed E-state index contributed by atoms with van der Waals surface area (Å²) in [5.74, 6) is 1.79. The highest BCUT2D eigenvalue weighted by molar-refractivity contribution is 7.89. The second kappa shape index (κ2) is 10.4. The fourth-order valence-electron chi connectivity index (χ4n) is 3.36. The van der Waals surface area contributed by atoms with Gasteiger partial charge in [0.1, 0.15) is 11.9 Å². The van der Waals surface area contributed by atoms with Crippen LogP contribution < -0.4 is 14.8 Å². The Labute approximate surface area is 179 Å². The summed E-state index contributed by atoms with van der Waals surface area (Å²) in [7, 11) is -2.01. The molecule has 162 valence electrons. The van der Waals surface area contributed by atoms with Crippen molar-refractivity contribution in [2.45, 2.75) is 37.3 Å². The quantitative estimate of drug-likeness (QED) is 0.521. The fraction of sp³-hybridized carbons (Fsp3) is 0.409. The molecule has 2 aromatic rings. The van der Waals surface area contributed by atoms with Gasteiger partial charge in [-0.05, 0) is 43.8 Å². The normalized spacial score (nSPS) is 15.8. The number of sulfonamides is 1. The molecule has 8 heteroatoms. The first-order chi connectivity index (χ1) is 14.5. The van der Waals surface area contributed by atoms with Gasteiger partial charge >= 0.3 is 0 Å². The maximum Gasteiger partial charge on any atom is 0.240 e. The number of piperidine rings is 1. The van der Waals surface area contributed by atoms with Crippen molar-refractivity contribution in [3.05, 3.63) is 60.2 Å². The number of nitrogens with zero attached hydrogens (tertiary/aromatic N) is 2. The standard InChI is InChI=1S/C22H30N4O3S/c1-3-24-22(25-17-18-9-11-21(12-10-18)30(27,28)23-2)26-15-13-20(14-16-26)29-19-7-5-4-6-8-19/h4-12,20,23H,3,13-17H2,1-2H3,(H,24,25). The largest absolute Gasteiger partial charge is 0.490 e. The Kier molecular flexibility index (Phi) is 7.70. The molecular formula is C22H30N4O3S. The lowest BCUT2D eigenvalue weighted by molar-refractivity contribution is 0.129. The number of benzene rings is 2. The van der Waals surface area contributed by atoms with E-state index < -0.39 is 10.0 Å². The molecule has 0 atom stereocenters. The van der Waals surface area contributed by atoms with Crippen LogP contribution >= 0.6 is 0 Å². The molecule has 0 amide bonds. The van der Waals surface area contributed by atoms with E-state index in [0.717, 1.165) is 49.7 Å². The average Bonchev–Trinajstić information content (AvgIpc) is 2.78. The summed E-state index contributed by atoms with van der Waals surface area (Å²) in [6, 6.07) is 16.8. The second-order valence-corrected chi connectivity index (χ2v) is 9.03. The van der Waals surface area contributed by atoms with Gasteiger partial charge in [0.25, 0.3) is 0 Å². The maximum atomic E-state index is 11.8. The van der Waals surface area contributed by atoms with Crippen LogP contribution in [-0.4, -0.2) is 52.1 Å². The molecule has 0 aliphatic carbocycles. The first-order valence-electron chi connectivity index (χ1n) is 10.3. The van der Waals surface area contributed by atoms with Crippen molar-refractivity contribution >= 4 is 16.0 Å². The van der Waals surface area contributed by atoms with Crippen molar-refractivity contribution in [3.63, 3.8) is 0 Å². The minimum Gasteiger partial charge on any atom is -0.490 e. The Balaban J connectivity index is 1.58. The number of hydrogen-bond donors (Lipinski definition) is 2. The number of likely N-dealkylation sites (tertiary alicyclic amines) is 1. The van der Waals surface area contributed by atoms with Crippen molar-refractivity contribution in [3.8, 4) is 5.75 Å². The number of hydrogen-bond acceptors (Lipinski definition) is 4. The molecule has 0 bridgehead atoms. The molecule has 0 aromatic heterocycles. The van der Waals surface area contributed by atoms with Gasteiger partial charge < -0.3 is 15.0 Å². The average molecular weight is 431 g/mol. The Morgan fingerprint density at radius 3 is 2.37 bits per heavy atom. The van der Waals surface area contributed by atoms with E-state index in [2.05, 4.69) is 21.9 Å². The van der Waals surface area contributed by atoms with Crippen LogP contribution in [0.2, 0.25) is 0 Å². The van der Waals surface area contributed by atoms with Crippen molar-refractivity contribution < 1.29 is 13.2 Å². The van der Waals surface area contributed by atoms with Gasteiger partial charge in [0.15, 0.2) is 5.96 Å². The smallest absolute Gasteiger partial charge is 0.240 e. The van der Waals surface area contributed by atoms with E-state index in [1.807, 2.05) is 30.3 Å². The first kappa shape index (κ1) is 22.1. The molecule has 1 aliphatic rings. The summed E-state index contributed by atoms with van der Waals surface area (Å²) in [5, 5.41) is 3.36. The number of aliphatic imine (C=N–C) groups is 1. The van der Waals surface area contributed by atoms with Crippen LogP contribution in [0.15, 0.2) is 64.5 Å². The van der Waals surface area contributed by atoms with Gasteiger partial charge in [0.2, 0.25) is 10.0 Å². The molecule has 2 N–H and O–H groups in total. The third-order valence-corrected chi connectivity index (χ3v) is 6.47. The number of para-hydroxylation sites is 1. The predicted molar refractivity (Wildman–Crippen MR) is 119 cm³/mol. The van der Waals surface area contributed by atoms with Crippen LogP contribution in [0.4, 0.5) is 0 Å². The highest BCUT2D eigenvalue weighted by Crippen LogP contribution is 2.19. The predicted octanol–water partition coefficient (Wildman–Crippen LogP) is 2.60. The lowest BCUT2D eigenvalue weighted by Gasteiger charge is -2.34. The van der Waals surface area contributed by atoms with E-state index in [9.17, 15) is 8.42 Å². The van der Waals surface area contributed by atoms with E-state index in [1.165, 1.54) is 7.05 Å². The lowest BCUT2D eigenvalue weighted by Crippen LogP contribution is -2.47. The summed E-state index contributed by atoms with van der Waals surface area (Å²) >= 11 is 0. The Bertz CT molecular complexity index is 923. The maximum absolute atomic E-state index is 11.8. The zero-order valence-electron chi connectivity index (χ0n) is 17.5. The Morgan fingerprint density at radius 2 is 1.77 bits per heavy atom. The van der Waals surface area contributed by atoms with Crippen LogP contribution in [0.3, 0.4) is 0 Å². The molecule has 3 rings (SSSR count). The molecule has 30 heavy (non-hydrogen) atoms. The first-order valence-corrected chi connectivity index (χ1v) is 11.8. The topological polar surface area (TPSA) is 83.0 Å². The number of ether oxygens (including phenoxy) is 1. The van der Waals surface area contributed by atoms with Gasteiger partial charge in [-0.1, -0.05) is 30.3 Å². The number of rotatable bonds is 7. The highest BCUT2D eigenvalue weighted by Gasteiger charge is 2.22. The van der Waals surface area contributed by atoms with Gasteiger partial charge in [-0.3, -0.25) is 0 Å². The molecule has 2 aromatic carbocycles. The van der Waals surface area contributed by atoms with Crippen LogP contribution in [0.1, 0.15) is 25.3 Å². The SMILES string of the molecule is CCNC(=NCc1ccc(S(=O)(=O)NC)cc1)N1CCC(Oc2ccccc2)CC1. The molecule has 1 saturated heterocycles. The third kappa shape index (κ3) is 5.96.